The molecule has 0 aliphatic rings. The number of urea groups is 1. The fourth-order valence-corrected chi connectivity index (χ4v) is 2.16. The summed E-state index contributed by atoms with van der Waals surface area (Å²) in [6, 6.07) is 15.0. The molecule has 0 fully saturated rings. The molecular formula is C16H17BrN2O2. The van der Waals surface area contributed by atoms with Crippen LogP contribution in [0.2, 0.25) is 0 Å². The predicted molar refractivity (Wildman–Crippen MR) is 87.6 cm³/mol. The summed E-state index contributed by atoms with van der Waals surface area (Å²) in [6.07, 6.45) is 0. The van der Waals surface area contributed by atoms with Gasteiger partial charge in [-0.3, -0.25) is 0 Å². The van der Waals surface area contributed by atoms with E-state index in [1.165, 1.54) is 0 Å². The van der Waals surface area contributed by atoms with Crippen molar-refractivity contribution in [1.82, 2.24) is 4.90 Å². The van der Waals surface area contributed by atoms with Gasteiger partial charge < -0.3 is 15.0 Å². The summed E-state index contributed by atoms with van der Waals surface area (Å²) in [5, 5.41) is 2.85. The molecule has 0 aliphatic carbocycles. The number of benzene rings is 2. The fraction of sp³-hybridized carbons (Fsp3) is 0.188. The molecule has 0 heterocycles. The third-order valence-corrected chi connectivity index (χ3v) is 3.56. The van der Waals surface area contributed by atoms with Gasteiger partial charge in [-0.2, -0.15) is 0 Å². The molecular weight excluding hydrogens is 332 g/mol. The number of ether oxygens (including phenoxy) is 1. The van der Waals surface area contributed by atoms with E-state index in [0.29, 0.717) is 18.0 Å². The Morgan fingerprint density at radius 3 is 2.52 bits per heavy atom. The van der Waals surface area contributed by atoms with Gasteiger partial charge in [0.2, 0.25) is 0 Å². The fourth-order valence-electron chi connectivity index (χ4n) is 1.89. The smallest absolute Gasteiger partial charge is 0.321 e. The first-order valence-corrected chi connectivity index (χ1v) is 7.29. The molecule has 2 aromatic carbocycles. The highest BCUT2D eigenvalue weighted by Gasteiger charge is 2.11. The summed E-state index contributed by atoms with van der Waals surface area (Å²) in [5.41, 5.74) is 1.73. The van der Waals surface area contributed by atoms with E-state index in [1.807, 2.05) is 48.5 Å². The minimum Gasteiger partial charge on any atom is -0.495 e. The van der Waals surface area contributed by atoms with Crippen LogP contribution in [0, 0.1) is 0 Å². The van der Waals surface area contributed by atoms with Crippen molar-refractivity contribution in [1.29, 1.82) is 0 Å². The lowest BCUT2D eigenvalue weighted by Crippen LogP contribution is -2.30. The molecule has 110 valence electrons. The molecule has 0 unspecified atom stereocenters. The Bertz CT molecular complexity index is 614. The van der Waals surface area contributed by atoms with E-state index in [4.69, 9.17) is 4.74 Å². The second-order valence-corrected chi connectivity index (χ2v) is 5.53. The van der Waals surface area contributed by atoms with Crippen molar-refractivity contribution in [3.8, 4) is 5.75 Å². The van der Waals surface area contributed by atoms with E-state index in [1.54, 1.807) is 19.1 Å². The van der Waals surface area contributed by atoms with Crippen LogP contribution in [0.25, 0.3) is 0 Å². The van der Waals surface area contributed by atoms with E-state index >= 15 is 0 Å². The summed E-state index contributed by atoms with van der Waals surface area (Å²) >= 11 is 3.39. The van der Waals surface area contributed by atoms with Crippen molar-refractivity contribution >= 4 is 27.6 Å². The Morgan fingerprint density at radius 2 is 1.86 bits per heavy atom. The van der Waals surface area contributed by atoms with Gasteiger partial charge in [0, 0.05) is 18.1 Å². The lowest BCUT2D eigenvalue weighted by atomic mass is 10.2. The first-order chi connectivity index (χ1) is 10.1. The molecule has 0 spiro atoms. The van der Waals surface area contributed by atoms with Gasteiger partial charge in [0.1, 0.15) is 5.75 Å². The predicted octanol–water partition coefficient (Wildman–Crippen LogP) is 4.12. The number of rotatable bonds is 4. The van der Waals surface area contributed by atoms with Crippen molar-refractivity contribution in [3.63, 3.8) is 0 Å². The molecule has 0 saturated heterocycles. The number of carbonyl (C=O) groups is 1. The van der Waals surface area contributed by atoms with Crippen LogP contribution in [0.15, 0.2) is 53.0 Å². The molecule has 2 rings (SSSR count). The van der Waals surface area contributed by atoms with Crippen LogP contribution in [0.3, 0.4) is 0 Å². The number of carbonyl (C=O) groups excluding carboxylic acids is 1. The molecule has 0 atom stereocenters. The zero-order chi connectivity index (χ0) is 15.2. The Labute approximate surface area is 132 Å². The van der Waals surface area contributed by atoms with Crippen LogP contribution in [0.5, 0.6) is 5.75 Å². The zero-order valence-electron chi connectivity index (χ0n) is 12.0. The maximum Gasteiger partial charge on any atom is 0.321 e. The second-order valence-electron chi connectivity index (χ2n) is 4.61. The van der Waals surface area contributed by atoms with Crippen LogP contribution in [-0.4, -0.2) is 25.1 Å². The summed E-state index contributed by atoms with van der Waals surface area (Å²) < 4.78 is 6.24. The van der Waals surface area contributed by atoms with Crippen molar-refractivity contribution in [2.75, 3.05) is 19.5 Å². The molecule has 4 nitrogen and oxygen atoms in total. The average Bonchev–Trinajstić information content (AvgIpc) is 2.50. The van der Waals surface area contributed by atoms with Gasteiger partial charge in [0.25, 0.3) is 0 Å². The molecule has 1 N–H and O–H groups in total. The number of nitrogens with one attached hydrogen (secondary N) is 1. The summed E-state index contributed by atoms with van der Waals surface area (Å²) in [7, 11) is 3.34. The van der Waals surface area contributed by atoms with Crippen molar-refractivity contribution in [3.05, 3.63) is 58.6 Å². The maximum absolute atomic E-state index is 12.2. The highest BCUT2D eigenvalue weighted by atomic mass is 79.9. The number of amides is 2. The SMILES string of the molecule is COc1ccccc1NC(=O)N(C)Cc1ccc(Br)cc1. The Balaban J connectivity index is 2.01. The van der Waals surface area contributed by atoms with E-state index < -0.39 is 0 Å². The molecule has 2 amide bonds. The normalized spacial score (nSPS) is 10.0. The molecule has 0 aliphatic heterocycles. The quantitative estimate of drug-likeness (QED) is 0.902. The average molecular weight is 349 g/mol. The number of halogens is 1. The summed E-state index contributed by atoms with van der Waals surface area (Å²) in [4.78, 5) is 13.8. The second kappa shape index (κ2) is 7.13. The maximum atomic E-state index is 12.2. The Kier molecular flexibility index (Phi) is 5.22. The van der Waals surface area contributed by atoms with E-state index in [9.17, 15) is 4.79 Å². The monoisotopic (exact) mass is 348 g/mol. The molecule has 5 heteroatoms. The van der Waals surface area contributed by atoms with Gasteiger partial charge in [-0.1, -0.05) is 40.2 Å². The largest absolute Gasteiger partial charge is 0.495 e. The van der Waals surface area contributed by atoms with E-state index in [2.05, 4.69) is 21.2 Å². The lowest BCUT2D eigenvalue weighted by molar-refractivity contribution is 0.220. The van der Waals surface area contributed by atoms with E-state index in [0.717, 1.165) is 10.0 Å². The third kappa shape index (κ3) is 4.23. The molecule has 2 aromatic rings. The van der Waals surface area contributed by atoms with Crippen molar-refractivity contribution < 1.29 is 9.53 Å². The zero-order valence-corrected chi connectivity index (χ0v) is 13.6. The van der Waals surface area contributed by atoms with Gasteiger partial charge in [0.05, 0.1) is 12.8 Å². The number of nitrogens with zero attached hydrogens (tertiary/aromatic N) is 1. The third-order valence-electron chi connectivity index (χ3n) is 3.03. The Hall–Kier alpha value is -2.01. The van der Waals surface area contributed by atoms with Crippen molar-refractivity contribution in [2.45, 2.75) is 6.54 Å². The number of anilines is 1. The minimum absolute atomic E-state index is 0.178. The highest BCUT2D eigenvalue weighted by Crippen LogP contribution is 2.23. The first-order valence-electron chi connectivity index (χ1n) is 6.49. The number of hydrogen-bond donors (Lipinski definition) is 1. The van der Waals surface area contributed by atoms with Gasteiger partial charge >= 0.3 is 6.03 Å². The van der Waals surface area contributed by atoms with Crippen LogP contribution in [0.1, 0.15) is 5.56 Å². The van der Waals surface area contributed by atoms with E-state index in [-0.39, 0.29) is 6.03 Å². The Morgan fingerprint density at radius 1 is 1.19 bits per heavy atom. The molecule has 21 heavy (non-hydrogen) atoms. The van der Waals surface area contributed by atoms with Crippen LogP contribution < -0.4 is 10.1 Å². The number of methoxy groups -OCH3 is 1. The summed E-state index contributed by atoms with van der Waals surface area (Å²) in [5.74, 6) is 0.642. The summed E-state index contributed by atoms with van der Waals surface area (Å²) in [6.45, 7) is 0.536. The molecule has 0 saturated carbocycles. The van der Waals surface area contributed by atoms with Crippen LogP contribution >= 0.6 is 15.9 Å². The van der Waals surface area contributed by atoms with Gasteiger partial charge in [-0.15, -0.1) is 0 Å². The van der Waals surface area contributed by atoms with Gasteiger partial charge in [-0.25, -0.2) is 4.79 Å². The van der Waals surface area contributed by atoms with Gasteiger partial charge in [0.15, 0.2) is 0 Å². The topological polar surface area (TPSA) is 41.6 Å². The number of para-hydroxylation sites is 2. The number of hydrogen-bond acceptors (Lipinski definition) is 2. The standard InChI is InChI=1S/C16H17BrN2O2/c1-19(11-12-7-9-13(17)10-8-12)16(20)18-14-5-3-4-6-15(14)21-2/h3-10H,11H2,1-2H3,(H,18,20). The van der Waals surface area contributed by atoms with Gasteiger partial charge in [-0.05, 0) is 29.8 Å². The lowest BCUT2D eigenvalue weighted by Gasteiger charge is -2.19. The highest BCUT2D eigenvalue weighted by molar-refractivity contribution is 9.10. The van der Waals surface area contributed by atoms with Crippen LogP contribution in [0.4, 0.5) is 10.5 Å². The van der Waals surface area contributed by atoms with Crippen LogP contribution in [-0.2, 0) is 6.54 Å². The molecule has 0 aromatic heterocycles. The minimum atomic E-state index is -0.178. The molecule has 0 bridgehead atoms. The molecule has 0 radical (unpaired) electrons. The van der Waals surface area contributed by atoms with Crippen molar-refractivity contribution in [2.24, 2.45) is 0 Å². The first kappa shape index (κ1) is 15.4.